The minimum Gasteiger partial charge on any atom is -0.360 e. The Morgan fingerprint density at radius 3 is 2.71 bits per heavy atom. The summed E-state index contributed by atoms with van der Waals surface area (Å²) in [5.74, 6) is 1.89. The topological polar surface area (TPSA) is 44.8 Å². The lowest BCUT2D eigenvalue weighted by molar-refractivity contribution is 0.929. The van der Waals surface area contributed by atoms with E-state index in [-0.39, 0.29) is 0 Å². The average molecular weight is 280 g/mol. The summed E-state index contributed by atoms with van der Waals surface area (Å²) in [5, 5.41) is 0. The van der Waals surface area contributed by atoms with Crippen molar-refractivity contribution in [3.05, 3.63) is 41.6 Å². The minimum atomic E-state index is 0.872. The summed E-state index contributed by atoms with van der Waals surface area (Å²) >= 11 is 0. The summed E-state index contributed by atoms with van der Waals surface area (Å²) in [7, 11) is 2.05. The SMILES string of the molecule is CCN(C)c1ncc(-c2nc3ccc(C)cc3[nH]2)cc1C. The van der Waals surface area contributed by atoms with E-state index in [4.69, 9.17) is 0 Å². The number of benzene rings is 1. The Balaban J connectivity index is 2.04. The molecule has 108 valence electrons. The van der Waals surface area contributed by atoms with Gasteiger partial charge in [0.1, 0.15) is 11.6 Å². The third-order valence-electron chi connectivity index (χ3n) is 3.80. The van der Waals surface area contributed by atoms with E-state index in [1.807, 2.05) is 12.3 Å². The summed E-state index contributed by atoms with van der Waals surface area (Å²) in [4.78, 5) is 14.7. The molecule has 1 N–H and O–H groups in total. The number of aromatic nitrogens is 3. The molecule has 0 saturated carbocycles. The van der Waals surface area contributed by atoms with Crippen LogP contribution in [0.5, 0.6) is 0 Å². The van der Waals surface area contributed by atoms with E-state index in [2.05, 4.69) is 65.9 Å². The molecule has 4 heteroatoms. The normalized spacial score (nSPS) is 11.0. The minimum absolute atomic E-state index is 0.872. The molecule has 0 saturated heterocycles. The lowest BCUT2D eigenvalue weighted by atomic mass is 10.2. The molecule has 1 aromatic carbocycles. The van der Waals surface area contributed by atoms with Gasteiger partial charge in [-0.25, -0.2) is 9.97 Å². The van der Waals surface area contributed by atoms with Gasteiger partial charge in [-0.3, -0.25) is 0 Å². The van der Waals surface area contributed by atoms with Gasteiger partial charge >= 0.3 is 0 Å². The number of nitrogens with one attached hydrogen (secondary N) is 1. The first-order chi connectivity index (χ1) is 10.1. The van der Waals surface area contributed by atoms with Crippen molar-refractivity contribution >= 4 is 16.9 Å². The first kappa shape index (κ1) is 13.6. The van der Waals surface area contributed by atoms with Crippen LogP contribution in [0.3, 0.4) is 0 Å². The van der Waals surface area contributed by atoms with Crippen LogP contribution < -0.4 is 4.90 Å². The van der Waals surface area contributed by atoms with Gasteiger partial charge in [0.05, 0.1) is 11.0 Å². The monoisotopic (exact) mass is 280 g/mol. The lowest BCUT2D eigenvalue weighted by Crippen LogP contribution is -2.18. The fraction of sp³-hybridized carbons (Fsp3) is 0.294. The number of fused-ring (bicyclic) bond motifs is 1. The molecule has 3 rings (SSSR count). The number of aryl methyl sites for hydroxylation is 2. The summed E-state index contributed by atoms with van der Waals surface area (Å²) in [6.07, 6.45) is 1.89. The van der Waals surface area contributed by atoms with Crippen LogP contribution in [0.15, 0.2) is 30.5 Å². The number of rotatable bonds is 3. The van der Waals surface area contributed by atoms with Gasteiger partial charge in [-0.2, -0.15) is 0 Å². The number of pyridine rings is 1. The van der Waals surface area contributed by atoms with Crippen molar-refractivity contribution in [3.8, 4) is 11.4 Å². The predicted octanol–water partition coefficient (Wildman–Crippen LogP) is 3.70. The Labute approximate surface area is 124 Å². The van der Waals surface area contributed by atoms with Gasteiger partial charge in [0.15, 0.2) is 0 Å². The second kappa shape index (κ2) is 5.20. The highest BCUT2D eigenvalue weighted by atomic mass is 15.2. The molecule has 0 unspecified atom stereocenters. The van der Waals surface area contributed by atoms with E-state index >= 15 is 0 Å². The van der Waals surface area contributed by atoms with Crippen molar-refractivity contribution in [1.82, 2.24) is 15.0 Å². The van der Waals surface area contributed by atoms with E-state index in [1.165, 1.54) is 5.56 Å². The van der Waals surface area contributed by atoms with Gasteiger partial charge in [0, 0.05) is 25.4 Å². The molecule has 0 aliphatic rings. The van der Waals surface area contributed by atoms with Gasteiger partial charge in [0.25, 0.3) is 0 Å². The fourth-order valence-corrected chi connectivity index (χ4v) is 2.51. The molecule has 2 heterocycles. The van der Waals surface area contributed by atoms with Crippen LogP contribution in [0.2, 0.25) is 0 Å². The number of nitrogens with zero attached hydrogens (tertiary/aromatic N) is 3. The molecule has 0 atom stereocenters. The number of hydrogen-bond donors (Lipinski definition) is 1. The molecular formula is C17H20N4. The first-order valence-corrected chi connectivity index (χ1v) is 7.23. The van der Waals surface area contributed by atoms with Crippen LogP contribution >= 0.6 is 0 Å². The zero-order chi connectivity index (χ0) is 15.0. The Morgan fingerprint density at radius 1 is 1.19 bits per heavy atom. The van der Waals surface area contributed by atoms with E-state index in [0.29, 0.717) is 0 Å². The van der Waals surface area contributed by atoms with Crippen molar-refractivity contribution in [2.24, 2.45) is 0 Å². The zero-order valence-corrected chi connectivity index (χ0v) is 12.9. The second-order valence-corrected chi connectivity index (χ2v) is 5.48. The third-order valence-corrected chi connectivity index (χ3v) is 3.80. The highest BCUT2D eigenvalue weighted by Crippen LogP contribution is 2.24. The van der Waals surface area contributed by atoms with Gasteiger partial charge < -0.3 is 9.88 Å². The molecule has 0 radical (unpaired) electrons. The largest absolute Gasteiger partial charge is 0.360 e. The average Bonchev–Trinajstić information content (AvgIpc) is 2.89. The second-order valence-electron chi connectivity index (χ2n) is 5.48. The van der Waals surface area contributed by atoms with Gasteiger partial charge in [0.2, 0.25) is 0 Å². The molecule has 0 aliphatic heterocycles. The summed E-state index contributed by atoms with van der Waals surface area (Å²) in [6.45, 7) is 7.24. The van der Waals surface area contributed by atoms with E-state index in [0.717, 1.165) is 40.3 Å². The molecule has 0 aliphatic carbocycles. The maximum Gasteiger partial charge on any atom is 0.140 e. The van der Waals surface area contributed by atoms with E-state index in [1.54, 1.807) is 0 Å². The van der Waals surface area contributed by atoms with Gasteiger partial charge in [-0.15, -0.1) is 0 Å². The van der Waals surface area contributed by atoms with Crippen LogP contribution in [0.4, 0.5) is 5.82 Å². The first-order valence-electron chi connectivity index (χ1n) is 7.23. The van der Waals surface area contributed by atoms with Crippen molar-refractivity contribution in [3.63, 3.8) is 0 Å². The molecule has 0 fully saturated rings. The van der Waals surface area contributed by atoms with Crippen LogP contribution in [-0.2, 0) is 0 Å². The van der Waals surface area contributed by atoms with Crippen LogP contribution in [0, 0.1) is 13.8 Å². The standard InChI is InChI=1S/C17H20N4/c1-5-21(4)17-12(3)9-13(10-18-17)16-19-14-7-6-11(2)8-15(14)20-16/h6-10H,5H2,1-4H3,(H,19,20). The Bertz CT molecular complexity index is 789. The molecule has 0 amide bonds. The highest BCUT2D eigenvalue weighted by molar-refractivity contribution is 5.80. The predicted molar refractivity (Wildman–Crippen MR) is 87.7 cm³/mol. The van der Waals surface area contributed by atoms with Crippen LogP contribution in [-0.4, -0.2) is 28.5 Å². The zero-order valence-electron chi connectivity index (χ0n) is 12.9. The molecular weight excluding hydrogens is 260 g/mol. The number of aromatic amines is 1. The number of hydrogen-bond acceptors (Lipinski definition) is 3. The summed E-state index contributed by atoms with van der Waals surface area (Å²) in [6, 6.07) is 8.38. The maximum atomic E-state index is 4.65. The Morgan fingerprint density at radius 2 is 2.00 bits per heavy atom. The quantitative estimate of drug-likeness (QED) is 0.795. The fourth-order valence-electron chi connectivity index (χ4n) is 2.51. The van der Waals surface area contributed by atoms with E-state index < -0.39 is 0 Å². The summed E-state index contributed by atoms with van der Waals surface area (Å²) < 4.78 is 0. The third kappa shape index (κ3) is 2.49. The number of H-pyrrole nitrogens is 1. The van der Waals surface area contributed by atoms with Crippen molar-refractivity contribution < 1.29 is 0 Å². The molecule has 4 nitrogen and oxygen atoms in total. The molecule has 0 spiro atoms. The summed E-state index contributed by atoms with van der Waals surface area (Å²) in [5.41, 5.74) is 5.47. The molecule has 21 heavy (non-hydrogen) atoms. The lowest BCUT2D eigenvalue weighted by Gasteiger charge is -2.18. The van der Waals surface area contributed by atoms with Crippen LogP contribution in [0.1, 0.15) is 18.1 Å². The number of imidazole rings is 1. The van der Waals surface area contributed by atoms with E-state index in [9.17, 15) is 0 Å². The smallest absolute Gasteiger partial charge is 0.140 e. The maximum absolute atomic E-state index is 4.65. The molecule has 3 aromatic rings. The van der Waals surface area contributed by atoms with Crippen LogP contribution in [0.25, 0.3) is 22.4 Å². The Hall–Kier alpha value is -2.36. The van der Waals surface area contributed by atoms with Crippen molar-refractivity contribution in [1.29, 1.82) is 0 Å². The molecule has 0 bridgehead atoms. The van der Waals surface area contributed by atoms with Gasteiger partial charge in [-0.05, 0) is 50.1 Å². The number of anilines is 1. The van der Waals surface area contributed by atoms with Gasteiger partial charge in [-0.1, -0.05) is 6.07 Å². The molecule has 2 aromatic heterocycles. The highest BCUT2D eigenvalue weighted by Gasteiger charge is 2.10. The van der Waals surface area contributed by atoms with Crippen molar-refractivity contribution in [2.75, 3.05) is 18.5 Å². The van der Waals surface area contributed by atoms with Crippen molar-refractivity contribution in [2.45, 2.75) is 20.8 Å². The Kier molecular flexibility index (Phi) is 3.37.